The Labute approximate surface area is 143 Å². The third-order valence-corrected chi connectivity index (χ3v) is 3.02. The Morgan fingerprint density at radius 3 is 2.44 bits per heavy atom. The van der Waals surface area contributed by atoms with Crippen LogP contribution in [-0.4, -0.2) is 36.0 Å². The van der Waals surface area contributed by atoms with Crippen LogP contribution in [0.15, 0.2) is 30.4 Å². The van der Waals surface area contributed by atoms with E-state index in [4.69, 9.17) is 9.47 Å². The number of hydrogen-bond donors (Lipinski definition) is 0. The van der Waals surface area contributed by atoms with Crippen molar-refractivity contribution in [3.05, 3.63) is 46.0 Å². The van der Waals surface area contributed by atoms with Crippen molar-refractivity contribution in [2.24, 2.45) is 0 Å². The molecule has 1 rings (SSSR count). The molecule has 9 heteroatoms. The van der Waals surface area contributed by atoms with E-state index >= 15 is 0 Å². The molecule has 0 aliphatic heterocycles. The van der Waals surface area contributed by atoms with Crippen molar-refractivity contribution in [1.29, 1.82) is 0 Å². The molecule has 9 nitrogen and oxygen atoms in total. The van der Waals surface area contributed by atoms with Gasteiger partial charge in [-0.3, -0.25) is 10.1 Å². The van der Waals surface area contributed by atoms with Crippen LogP contribution in [-0.2, 0) is 19.1 Å². The largest absolute Gasteiger partial charge is 0.465 e. The van der Waals surface area contributed by atoms with E-state index in [1.807, 2.05) is 0 Å². The van der Waals surface area contributed by atoms with Gasteiger partial charge in [-0.2, -0.15) is 0 Å². The van der Waals surface area contributed by atoms with Gasteiger partial charge in [0.25, 0.3) is 0 Å². The number of esters is 3. The van der Waals surface area contributed by atoms with Gasteiger partial charge in [0.2, 0.25) is 5.75 Å². The van der Waals surface area contributed by atoms with Crippen LogP contribution in [0.3, 0.4) is 0 Å². The molecule has 0 bridgehead atoms. The van der Waals surface area contributed by atoms with Gasteiger partial charge >= 0.3 is 23.6 Å². The van der Waals surface area contributed by atoms with E-state index in [0.29, 0.717) is 0 Å². The first kappa shape index (κ1) is 19.8. The summed E-state index contributed by atoms with van der Waals surface area (Å²) >= 11 is 0. The van der Waals surface area contributed by atoms with Crippen LogP contribution in [0.5, 0.6) is 5.75 Å². The Morgan fingerprint density at radius 1 is 1.32 bits per heavy atom. The lowest BCUT2D eigenvalue weighted by atomic mass is 10.2. The maximum Gasteiger partial charge on any atom is 0.353 e. The normalized spacial score (nSPS) is 11.2. The van der Waals surface area contributed by atoms with Crippen molar-refractivity contribution in [2.45, 2.75) is 26.4 Å². The maximum absolute atomic E-state index is 12.1. The minimum Gasteiger partial charge on any atom is -0.465 e. The Hall–Kier alpha value is -3.23. The molecule has 0 radical (unpaired) electrons. The molecule has 0 fully saturated rings. The van der Waals surface area contributed by atoms with Crippen molar-refractivity contribution in [2.75, 3.05) is 7.11 Å². The number of nitro benzene ring substituents is 1. The van der Waals surface area contributed by atoms with E-state index in [2.05, 4.69) is 11.3 Å². The van der Waals surface area contributed by atoms with Gasteiger partial charge in [-0.25, -0.2) is 14.4 Å². The lowest BCUT2D eigenvalue weighted by Crippen LogP contribution is -2.31. The molecular weight excluding hydrogens is 334 g/mol. The van der Waals surface area contributed by atoms with Crippen LogP contribution in [0, 0.1) is 10.1 Å². The molecule has 134 valence electrons. The quantitative estimate of drug-likeness (QED) is 0.241. The average molecular weight is 351 g/mol. The van der Waals surface area contributed by atoms with E-state index in [1.165, 1.54) is 13.0 Å². The van der Waals surface area contributed by atoms with Crippen LogP contribution < -0.4 is 4.74 Å². The lowest BCUT2D eigenvalue weighted by molar-refractivity contribution is -0.385. The number of nitrogens with zero attached hydrogens (tertiary/aromatic N) is 1. The maximum atomic E-state index is 12.1. The minimum absolute atomic E-state index is 0.0743. The molecule has 1 unspecified atom stereocenters. The van der Waals surface area contributed by atoms with Crippen LogP contribution in [0.1, 0.15) is 30.6 Å². The van der Waals surface area contributed by atoms with Crippen LogP contribution in [0.25, 0.3) is 0 Å². The first-order valence-electron chi connectivity index (χ1n) is 7.16. The molecule has 0 aliphatic carbocycles. The first-order valence-corrected chi connectivity index (χ1v) is 7.16. The molecule has 0 spiro atoms. The zero-order valence-electron chi connectivity index (χ0n) is 13.9. The molecule has 25 heavy (non-hydrogen) atoms. The summed E-state index contributed by atoms with van der Waals surface area (Å²) in [4.78, 5) is 45.4. The van der Waals surface area contributed by atoms with Gasteiger partial charge in [-0.15, -0.1) is 0 Å². The molecule has 0 amide bonds. The summed E-state index contributed by atoms with van der Waals surface area (Å²) in [6, 6.07) is 3.23. The summed E-state index contributed by atoms with van der Waals surface area (Å²) in [5.41, 5.74) is -0.577. The molecule has 0 saturated heterocycles. The third-order valence-electron chi connectivity index (χ3n) is 3.02. The lowest BCUT2D eigenvalue weighted by Gasteiger charge is -2.15. The molecular formula is C16H17NO8. The molecule has 0 aliphatic rings. The Morgan fingerprint density at radius 2 is 1.96 bits per heavy atom. The fourth-order valence-electron chi connectivity index (χ4n) is 1.69. The zero-order valence-corrected chi connectivity index (χ0v) is 13.9. The van der Waals surface area contributed by atoms with Crippen molar-refractivity contribution in [1.82, 2.24) is 0 Å². The SMILES string of the molecule is C=C(C)C(=O)OC(CC)C(=O)Oc1ccc(C(=O)OC)cc1[N+](=O)[O-]. The number of nitro groups is 1. The fourth-order valence-corrected chi connectivity index (χ4v) is 1.69. The molecule has 1 aromatic rings. The second-order valence-electron chi connectivity index (χ2n) is 4.93. The van der Waals surface area contributed by atoms with Gasteiger partial charge in [-0.1, -0.05) is 13.5 Å². The Balaban J connectivity index is 3.05. The standard InChI is InChI=1S/C16H17NO8/c1-5-12(24-14(18)9(2)3)16(20)25-13-7-6-10(15(19)23-4)8-11(13)17(21)22/h6-8,12H,2,5H2,1,3-4H3. The summed E-state index contributed by atoms with van der Waals surface area (Å²) in [6.45, 7) is 6.39. The van der Waals surface area contributed by atoms with Gasteiger partial charge in [0.1, 0.15) is 0 Å². The molecule has 1 atom stereocenters. The number of carbonyl (C=O) groups is 3. The number of benzene rings is 1. The number of methoxy groups -OCH3 is 1. The van der Waals surface area contributed by atoms with E-state index in [9.17, 15) is 24.5 Å². The third kappa shape index (κ3) is 5.13. The van der Waals surface area contributed by atoms with Gasteiger partial charge in [0.15, 0.2) is 6.10 Å². The van der Waals surface area contributed by atoms with E-state index in [1.54, 1.807) is 6.92 Å². The van der Waals surface area contributed by atoms with Crippen molar-refractivity contribution < 1.29 is 33.5 Å². The topological polar surface area (TPSA) is 122 Å². The van der Waals surface area contributed by atoms with E-state index < -0.39 is 34.6 Å². The van der Waals surface area contributed by atoms with Gasteiger partial charge < -0.3 is 14.2 Å². The number of hydrogen-bond acceptors (Lipinski definition) is 8. The zero-order chi connectivity index (χ0) is 19.1. The number of ether oxygens (including phenoxy) is 3. The van der Waals surface area contributed by atoms with Gasteiger partial charge in [0.05, 0.1) is 17.6 Å². The minimum atomic E-state index is -1.25. The predicted molar refractivity (Wildman–Crippen MR) is 85.1 cm³/mol. The second-order valence-corrected chi connectivity index (χ2v) is 4.93. The highest BCUT2D eigenvalue weighted by Crippen LogP contribution is 2.29. The van der Waals surface area contributed by atoms with Crippen molar-refractivity contribution in [3.63, 3.8) is 0 Å². The summed E-state index contributed by atoms with van der Waals surface area (Å²) in [5.74, 6) is -2.92. The summed E-state index contributed by atoms with van der Waals surface area (Å²) in [6.07, 6.45) is -1.14. The number of rotatable bonds is 7. The highest BCUT2D eigenvalue weighted by molar-refractivity contribution is 5.91. The van der Waals surface area contributed by atoms with Gasteiger partial charge in [-0.05, 0) is 25.5 Å². The first-order chi connectivity index (χ1) is 11.7. The van der Waals surface area contributed by atoms with Crippen molar-refractivity contribution in [3.8, 4) is 5.75 Å². The summed E-state index contributed by atoms with van der Waals surface area (Å²) < 4.78 is 14.4. The monoisotopic (exact) mass is 351 g/mol. The molecule has 0 aromatic heterocycles. The molecule has 0 saturated carbocycles. The van der Waals surface area contributed by atoms with Crippen LogP contribution in [0.4, 0.5) is 5.69 Å². The highest BCUT2D eigenvalue weighted by Gasteiger charge is 2.27. The molecule has 1 aromatic carbocycles. The fraction of sp³-hybridized carbons (Fsp3) is 0.312. The average Bonchev–Trinajstić information content (AvgIpc) is 2.58. The molecule has 0 N–H and O–H groups in total. The van der Waals surface area contributed by atoms with Crippen LogP contribution in [0.2, 0.25) is 0 Å². The predicted octanol–water partition coefficient (Wildman–Crippen LogP) is 2.18. The smallest absolute Gasteiger partial charge is 0.353 e. The summed E-state index contributed by atoms with van der Waals surface area (Å²) in [7, 11) is 1.13. The number of carbonyl (C=O) groups excluding carboxylic acids is 3. The van der Waals surface area contributed by atoms with E-state index in [0.717, 1.165) is 19.2 Å². The Bertz CT molecular complexity index is 725. The highest BCUT2D eigenvalue weighted by atomic mass is 16.6. The Kier molecular flexibility index (Phi) is 6.80. The second kappa shape index (κ2) is 8.57. The van der Waals surface area contributed by atoms with E-state index in [-0.39, 0.29) is 23.3 Å². The summed E-state index contributed by atoms with van der Waals surface area (Å²) in [5, 5.41) is 11.1. The van der Waals surface area contributed by atoms with Crippen molar-refractivity contribution >= 4 is 23.6 Å². The molecule has 0 heterocycles. The van der Waals surface area contributed by atoms with Crippen LogP contribution >= 0.6 is 0 Å². The van der Waals surface area contributed by atoms with Gasteiger partial charge in [0, 0.05) is 11.6 Å².